The molecular weight excluding hydrogens is 280 g/mol. The molecule has 2 N–H and O–H groups in total. The molecule has 1 aromatic carbocycles. The largest absolute Gasteiger partial charge is 0.492 e. The Bertz CT molecular complexity index is 698. The van der Waals surface area contributed by atoms with Crippen molar-refractivity contribution in [3.8, 4) is 16.9 Å². The zero-order valence-corrected chi connectivity index (χ0v) is 12.6. The number of hydrogen-bond donors (Lipinski definition) is 1. The van der Waals surface area contributed by atoms with Crippen molar-refractivity contribution < 1.29 is 14.3 Å². The Morgan fingerprint density at radius 3 is 2.86 bits per heavy atom. The molecule has 5 nitrogen and oxygen atoms in total. The van der Waals surface area contributed by atoms with Crippen molar-refractivity contribution in [2.45, 2.75) is 20.0 Å². The van der Waals surface area contributed by atoms with E-state index in [1.54, 1.807) is 12.4 Å². The predicted octanol–water partition coefficient (Wildman–Crippen LogP) is 3.30. The van der Waals surface area contributed by atoms with E-state index in [4.69, 9.17) is 15.2 Å². The van der Waals surface area contributed by atoms with Gasteiger partial charge in [-0.05, 0) is 17.7 Å². The average molecular weight is 298 g/mol. The minimum atomic E-state index is -0.776. The fourth-order valence-electron chi connectivity index (χ4n) is 2.69. The molecule has 0 bridgehead atoms. The lowest BCUT2D eigenvalue weighted by atomic mass is 9.80. The van der Waals surface area contributed by atoms with E-state index in [-0.39, 0.29) is 5.41 Å². The Hall–Kier alpha value is -2.56. The summed E-state index contributed by atoms with van der Waals surface area (Å²) < 4.78 is 11.2. The molecule has 1 atom stereocenters. The summed E-state index contributed by atoms with van der Waals surface area (Å²) in [5, 5.41) is 0. The van der Waals surface area contributed by atoms with E-state index >= 15 is 0 Å². The number of benzene rings is 1. The van der Waals surface area contributed by atoms with Crippen molar-refractivity contribution in [2.24, 2.45) is 11.1 Å². The first-order chi connectivity index (χ1) is 10.5. The third-order valence-electron chi connectivity index (χ3n) is 3.83. The Morgan fingerprint density at radius 1 is 1.36 bits per heavy atom. The number of rotatable bonds is 2. The van der Waals surface area contributed by atoms with Crippen molar-refractivity contribution in [3.63, 3.8) is 0 Å². The number of fused-ring (bicyclic) bond motifs is 1. The maximum absolute atomic E-state index is 11.2. The molecule has 2 heterocycles. The fourth-order valence-corrected chi connectivity index (χ4v) is 2.69. The molecule has 0 aliphatic carbocycles. The van der Waals surface area contributed by atoms with Gasteiger partial charge in [0.2, 0.25) is 0 Å². The van der Waals surface area contributed by atoms with Crippen molar-refractivity contribution in [2.75, 3.05) is 6.61 Å². The van der Waals surface area contributed by atoms with Gasteiger partial charge in [0, 0.05) is 28.9 Å². The summed E-state index contributed by atoms with van der Waals surface area (Å²) >= 11 is 0. The molecule has 3 rings (SSSR count). The number of carbonyl (C=O) groups is 1. The standard InChI is InChI=1S/C17H18N2O3/c1-17(2)10-21-14-8-11(12-4-3-7-19-9-12)5-6-13(14)15(17)22-16(18)20/h3-9,15H,10H2,1-2H3,(H2,18,20). The zero-order valence-electron chi connectivity index (χ0n) is 12.6. The van der Waals surface area contributed by atoms with Gasteiger partial charge in [0.1, 0.15) is 11.9 Å². The van der Waals surface area contributed by atoms with Crippen LogP contribution in [-0.2, 0) is 4.74 Å². The van der Waals surface area contributed by atoms with Crippen LogP contribution in [0.5, 0.6) is 5.75 Å². The van der Waals surface area contributed by atoms with Gasteiger partial charge in [-0.3, -0.25) is 4.98 Å². The highest BCUT2D eigenvalue weighted by Crippen LogP contribution is 2.46. The Kier molecular flexibility index (Phi) is 3.48. The number of ether oxygens (including phenoxy) is 2. The maximum atomic E-state index is 11.2. The van der Waals surface area contributed by atoms with Crippen molar-refractivity contribution in [1.29, 1.82) is 0 Å². The first-order valence-corrected chi connectivity index (χ1v) is 7.10. The lowest BCUT2D eigenvalue weighted by Gasteiger charge is -2.38. The number of aromatic nitrogens is 1. The van der Waals surface area contributed by atoms with Crippen LogP contribution in [0.25, 0.3) is 11.1 Å². The number of pyridine rings is 1. The molecule has 1 aliphatic rings. The van der Waals surface area contributed by atoms with Gasteiger partial charge in [0.25, 0.3) is 0 Å². The van der Waals surface area contributed by atoms with E-state index in [2.05, 4.69) is 4.98 Å². The van der Waals surface area contributed by atoms with Crippen LogP contribution in [0.3, 0.4) is 0 Å². The maximum Gasteiger partial charge on any atom is 0.405 e. The van der Waals surface area contributed by atoms with Crippen LogP contribution in [0.15, 0.2) is 42.7 Å². The minimum absolute atomic E-state index is 0.335. The number of carbonyl (C=O) groups excluding carboxylic acids is 1. The first-order valence-electron chi connectivity index (χ1n) is 7.10. The molecule has 114 valence electrons. The number of hydrogen-bond acceptors (Lipinski definition) is 4. The summed E-state index contributed by atoms with van der Waals surface area (Å²) in [4.78, 5) is 15.3. The normalized spacial score (nSPS) is 18.9. The van der Waals surface area contributed by atoms with Crippen LogP contribution in [0.2, 0.25) is 0 Å². The highest BCUT2D eigenvalue weighted by Gasteiger charge is 2.40. The molecule has 1 unspecified atom stereocenters. The summed E-state index contributed by atoms with van der Waals surface area (Å²) in [6.07, 6.45) is 2.34. The van der Waals surface area contributed by atoms with Gasteiger partial charge in [0.15, 0.2) is 0 Å². The van der Waals surface area contributed by atoms with E-state index < -0.39 is 12.2 Å². The van der Waals surface area contributed by atoms with Crippen molar-refractivity contribution in [1.82, 2.24) is 4.98 Å². The molecule has 1 aromatic heterocycles. The van der Waals surface area contributed by atoms with E-state index in [0.717, 1.165) is 16.7 Å². The van der Waals surface area contributed by atoms with E-state index in [0.29, 0.717) is 12.4 Å². The second-order valence-corrected chi connectivity index (χ2v) is 6.09. The molecule has 0 radical (unpaired) electrons. The smallest absolute Gasteiger partial charge is 0.405 e. The summed E-state index contributed by atoms with van der Waals surface area (Å²) in [6.45, 7) is 4.42. The van der Waals surface area contributed by atoms with Gasteiger partial charge < -0.3 is 15.2 Å². The van der Waals surface area contributed by atoms with Crippen molar-refractivity contribution in [3.05, 3.63) is 48.3 Å². The van der Waals surface area contributed by atoms with E-state index in [1.165, 1.54) is 0 Å². The van der Waals surface area contributed by atoms with Gasteiger partial charge in [0.05, 0.1) is 6.61 Å². The molecule has 22 heavy (non-hydrogen) atoms. The van der Waals surface area contributed by atoms with Gasteiger partial charge in [-0.15, -0.1) is 0 Å². The predicted molar refractivity (Wildman–Crippen MR) is 82.4 cm³/mol. The van der Waals surface area contributed by atoms with Gasteiger partial charge in [-0.2, -0.15) is 0 Å². The third kappa shape index (κ3) is 2.62. The number of nitrogens with zero attached hydrogens (tertiary/aromatic N) is 1. The van der Waals surface area contributed by atoms with Gasteiger partial charge in [-0.1, -0.05) is 32.0 Å². The summed E-state index contributed by atoms with van der Waals surface area (Å²) in [7, 11) is 0. The monoisotopic (exact) mass is 298 g/mol. The average Bonchev–Trinajstić information content (AvgIpc) is 2.50. The Labute approximate surface area is 129 Å². The molecular formula is C17H18N2O3. The quantitative estimate of drug-likeness (QED) is 0.923. The number of primary amides is 1. The third-order valence-corrected chi connectivity index (χ3v) is 3.83. The minimum Gasteiger partial charge on any atom is -0.492 e. The van der Waals surface area contributed by atoms with Gasteiger partial charge in [-0.25, -0.2) is 4.79 Å². The second kappa shape index (κ2) is 5.33. The Balaban J connectivity index is 2.01. The topological polar surface area (TPSA) is 74.4 Å². The molecule has 0 fully saturated rings. The second-order valence-electron chi connectivity index (χ2n) is 6.09. The SMILES string of the molecule is CC1(C)COc2cc(-c3cccnc3)ccc2C1OC(N)=O. The van der Waals surface area contributed by atoms with Crippen LogP contribution in [0.1, 0.15) is 25.5 Å². The highest BCUT2D eigenvalue weighted by molar-refractivity contribution is 5.67. The fraction of sp³-hybridized carbons (Fsp3) is 0.294. The van der Waals surface area contributed by atoms with Crippen LogP contribution in [0, 0.1) is 5.41 Å². The lowest BCUT2D eigenvalue weighted by Crippen LogP contribution is -2.37. The van der Waals surface area contributed by atoms with Gasteiger partial charge >= 0.3 is 6.09 Å². The lowest BCUT2D eigenvalue weighted by molar-refractivity contribution is -0.0176. The number of amides is 1. The molecule has 1 amide bonds. The highest BCUT2D eigenvalue weighted by atomic mass is 16.6. The molecule has 0 saturated carbocycles. The van der Waals surface area contributed by atoms with E-state index in [1.807, 2.05) is 44.2 Å². The van der Waals surface area contributed by atoms with Crippen LogP contribution >= 0.6 is 0 Å². The molecule has 2 aromatic rings. The number of nitrogens with two attached hydrogens (primary N) is 1. The summed E-state index contributed by atoms with van der Waals surface area (Å²) in [5.41, 5.74) is 7.72. The molecule has 5 heteroatoms. The van der Waals surface area contributed by atoms with Crippen LogP contribution < -0.4 is 10.5 Å². The molecule has 1 aliphatic heterocycles. The zero-order chi connectivity index (χ0) is 15.7. The summed E-state index contributed by atoms with van der Waals surface area (Å²) in [5.74, 6) is 0.715. The van der Waals surface area contributed by atoms with Crippen LogP contribution in [0.4, 0.5) is 4.79 Å². The first kappa shape index (κ1) is 14.4. The van der Waals surface area contributed by atoms with Crippen LogP contribution in [-0.4, -0.2) is 17.7 Å². The summed E-state index contributed by atoms with van der Waals surface area (Å²) in [6, 6.07) is 9.71. The molecule has 0 saturated heterocycles. The van der Waals surface area contributed by atoms with Crippen molar-refractivity contribution >= 4 is 6.09 Å². The molecule has 0 spiro atoms. The van der Waals surface area contributed by atoms with E-state index in [9.17, 15) is 4.79 Å². The Morgan fingerprint density at radius 2 is 2.18 bits per heavy atom.